The molecule has 0 heterocycles. The van der Waals surface area contributed by atoms with Crippen LogP contribution in [0.1, 0.15) is 0 Å². The minimum atomic E-state index is -3.83. The lowest BCUT2D eigenvalue weighted by Gasteiger charge is -1.94. The Morgan fingerprint density at radius 2 is 1.64 bits per heavy atom. The van der Waals surface area contributed by atoms with Crippen molar-refractivity contribution in [3.05, 3.63) is 0 Å². The van der Waals surface area contributed by atoms with Gasteiger partial charge in [-0.3, -0.25) is 0 Å². The summed E-state index contributed by atoms with van der Waals surface area (Å²) in [5.74, 6) is 0. The highest BCUT2D eigenvalue weighted by Gasteiger charge is 2.06. The van der Waals surface area contributed by atoms with E-state index in [1.807, 2.05) is 0 Å². The van der Waals surface area contributed by atoms with Crippen LogP contribution in [-0.2, 0) is 36.8 Å². The van der Waals surface area contributed by atoms with Gasteiger partial charge in [0.25, 0.3) is 0 Å². The molecule has 0 fully saturated rings. The van der Waals surface area contributed by atoms with Gasteiger partial charge < -0.3 is 0 Å². The van der Waals surface area contributed by atoms with E-state index < -0.39 is 7.29 Å². The SMILES string of the molecule is O=S(=O)(I)OOOOOOO. The molecular formula is HIO9S. The standard InChI is InChI=1S/HIO9S/c1-11(3,4)10-9-8-7-6-5-2/h2H. The van der Waals surface area contributed by atoms with E-state index >= 15 is 0 Å². The monoisotopic (exact) mass is 304 g/mol. The van der Waals surface area contributed by atoms with E-state index in [0.717, 1.165) is 21.2 Å². The lowest BCUT2D eigenvalue weighted by molar-refractivity contribution is -0.779. The van der Waals surface area contributed by atoms with E-state index in [1.165, 1.54) is 0 Å². The molecule has 11 heavy (non-hydrogen) atoms. The highest BCUT2D eigenvalue weighted by Crippen LogP contribution is 2.03. The van der Waals surface area contributed by atoms with Gasteiger partial charge in [-0.1, -0.05) is 4.33 Å². The zero-order valence-electron chi connectivity index (χ0n) is 4.50. The first kappa shape index (κ1) is 11.4. The van der Waals surface area contributed by atoms with E-state index in [4.69, 9.17) is 5.26 Å². The molecule has 68 valence electrons. The van der Waals surface area contributed by atoms with Gasteiger partial charge in [-0.15, -0.1) is 0 Å². The summed E-state index contributed by atoms with van der Waals surface area (Å²) in [7, 11) is -3.83. The van der Waals surface area contributed by atoms with Crippen LogP contribution in [-0.4, -0.2) is 13.7 Å². The van der Waals surface area contributed by atoms with Gasteiger partial charge in [-0.25, -0.2) is 5.26 Å². The van der Waals surface area contributed by atoms with Gasteiger partial charge in [-0.05, 0) is 25.2 Å². The van der Waals surface area contributed by atoms with Gasteiger partial charge in [0, 0.05) is 0 Å². The zero-order valence-corrected chi connectivity index (χ0v) is 7.47. The molecular weight excluding hydrogens is 303 g/mol. The minimum absolute atomic E-state index is 0.906. The van der Waals surface area contributed by atoms with E-state index in [9.17, 15) is 8.42 Å². The molecule has 0 aliphatic heterocycles. The van der Waals surface area contributed by atoms with Crippen molar-refractivity contribution < 1.29 is 43.2 Å². The third-order valence-electron chi connectivity index (χ3n) is 0.223. The lowest BCUT2D eigenvalue weighted by atomic mass is 14.1. The Labute approximate surface area is 72.0 Å². The third kappa shape index (κ3) is 10.4. The largest absolute Gasteiger partial charge is 0.349 e. The summed E-state index contributed by atoms with van der Waals surface area (Å²) in [5, 5.41) is 23.4. The van der Waals surface area contributed by atoms with Crippen LogP contribution >= 0.6 is 21.2 Å². The Morgan fingerprint density at radius 1 is 1.09 bits per heavy atom. The Bertz CT molecular complexity index is 168. The van der Waals surface area contributed by atoms with E-state index in [0.29, 0.717) is 0 Å². The van der Waals surface area contributed by atoms with Crippen molar-refractivity contribution in [1.29, 1.82) is 0 Å². The van der Waals surface area contributed by atoms with Crippen LogP contribution in [0.3, 0.4) is 0 Å². The van der Waals surface area contributed by atoms with Crippen molar-refractivity contribution >= 4 is 28.5 Å². The molecule has 0 aromatic rings. The van der Waals surface area contributed by atoms with Crippen LogP contribution in [0.25, 0.3) is 0 Å². The summed E-state index contributed by atoms with van der Waals surface area (Å²) in [4.78, 5) is 0. The fraction of sp³-hybridized carbons (Fsp3) is 0. The molecule has 0 saturated heterocycles. The molecule has 0 aromatic carbocycles. The van der Waals surface area contributed by atoms with Crippen molar-refractivity contribution in [3.8, 4) is 0 Å². The highest BCUT2D eigenvalue weighted by molar-refractivity contribution is 14.2. The Morgan fingerprint density at radius 3 is 2.09 bits per heavy atom. The van der Waals surface area contributed by atoms with Gasteiger partial charge in [0.2, 0.25) is 0 Å². The fourth-order valence-electron chi connectivity index (χ4n) is 0.0796. The molecule has 0 rings (SSSR count). The Hall–Kier alpha value is 0.400. The molecule has 0 aliphatic rings. The van der Waals surface area contributed by atoms with Gasteiger partial charge in [0.05, 0.1) is 0 Å². The summed E-state index contributed by atoms with van der Waals surface area (Å²) in [5.41, 5.74) is 0. The predicted molar refractivity (Wildman–Crippen MR) is 32.1 cm³/mol. The number of halogens is 1. The van der Waals surface area contributed by atoms with Crippen molar-refractivity contribution in [2.24, 2.45) is 0 Å². The third-order valence-corrected chi connectivity index (χ3v) is 0.881. The van der Waals surface area contributed by atoms with Gasteiger partial charge in [0.15, 0.2) is 0 Å². The molecule has 0 spiro atoms. The quantitative estimate of drug-likeness (QED) is 0.235. The summed E-state index contributed by atoms with van der Waals surface area (Å²) in [6.07, 6.45) is 0. The molecule has 0 saturated carbocycles. The first-order valence-corrected chi connectivity index (χ1v) is 5.62. The maximum absolute atomic E-state index is 10.0. The average molecular weight is 304 g/mol. The van der Waals surface area contributed by atoms with Crippen LogP contribution < -0.4 is 0 Å². The highest BCUT2D eigenvalue weighted by atomic mass is 127. The van der Waals surface area contributed by atoms with Crippen LogP contribution in [0, 0.1) is 0 Å². The molecule has 0 aliphatic carbocycles. The second-order valence-electron chi connectivity index (χ2n) is 0.808. The van der Waals surface area contributed by atoms with E-state index in [-0.39, 0.29) is 0 Å². The smallest absolute Gasteiger partial charge is 0.219 e. The summed E-state index contributed by atoms with van der Waals surface area (Å²) in [6.45, 7) is 0. The zero-order chi connectivity index (χ0) is 8.74. The second-order valence-corrected chi connectivity index (χ2v) is 4.97. The molecule has 0 amide bonds. The number of hydrogen-bond donors (Lipinski definition) is 1. The van der Waals surface area contributed by atoms with E-state index in [1.54, 1.807) is 0 Å². The first-order valence-electron chi connectivity index (χ1n) is 1.67. The molecule has 0 bridgehead atoms. The Kier molecular flexibility index (Phi) is 6.19. The summed E-state index contributed by atoms with van der Waals surface area (Å²) in [6, 6.07) is 0. The van der Waals surface area contributed by atoms with Crippen molar-refractivity contribution in [2.75, 3.05) is 0 Å². The second kappa shape index (κ2) is 5.98. The van der Waals surface area contributed by atoms with Crippen LogP contribution in [0.5, 0.6) is 0 Å². The Balaban J connectivity index is 3.16. The normalized spacial score (nSPS) is 11.8. The topological polar surface area (TPSA) is 110 Å². The maximum atomic E-state index is 10.0. The molecule has 0 atom stereocenters. The predicted octanol–water partition coefficient (Wildman–Crippen LogP) is -0.186. The molecule has 0 radical (unpaired) electrons. The maximum Gasteiger partial charge on any atom is 0.349 e. The van der Waals surface area contributed by atoms with Crippen LogP contribution in [0.4, 0.5) is 0 Å². The van der Waals surface area contributed by atoms with E-state index in [2.05, 4.69) is 29.5 Å². The molecule has 0 aromatic heterocycles. The van der Waals surface area contributed by atoms with Gasteiger partial charge in [-0.2, -0.15) is 8.42 Å². The van der Waals surface area contributed by atoms with Crippen LogP contribution in [0.2, 0.25) is 0 Å². The lowest BCUT2D eigenvalue weighted by Crippen LogP contribution is -2.01. The van der Waals surface area contributed by atoms with Gasteiger partial charge >= 0.3 is 7.29 Å². The van der Waals surface area contributed by atoms with Crippen molar-refractivity contribution in [3.63, 3.8) is 0 Å². The minimum Gasteiger partial charge on any atom is -0.219 e. The van der Waals surface area contributed by atoms with Gasteiger partial charge in [0.1, 0.15) is 21.2 Å². The molecule has 0 unspecified atom stereocenters. The summed E-state index contributed by atoms with van der Waals surface area (Å²) < 4.78 is 23.6. The van der Waals surface area contributed by atoms with Crippen LogP contribution in [0.15, 0.2) is 0 Å². The fourth-order valence-corrected chi connectivity index (χ4v) is 0.348. The summed E-state index contributed by atoms with van der Waals surface area (Å²) >= 11 is 0.906. The first-order chi connectivity index (χ1) is 5.06. The molecule has 9 nitrogen and oxygen atoms in total. The van der Waals surface area contributed by atoms with Crippen molar-refractivity contribution in [2.45, 2.75) is 0 Å². The average Bonchev–Trinajstić information content (AvgIpc) is 1.85. The number of hydrogen-bond acceptors (Lipinski definition) is 9. The van der Waals surface area contributed by atoms with Crippen molar-refractivity contribution in [1.82, 2.24) is 0 Å². The molecule has 1 N–H and O–H groups in total. The molecule has 11 heteroatoms. The number of rotatable bonds is 6.